The summed E-state index contributed by atoms with van der Waals surface area (Å²) in [6.07, 6.45) is 5.08. The summed E-state index contributed by atoms with van der Waals surface area (Å²) in [7, 11) is -1.75. The average molecular weight is 432 g/mol. The van der Waals surface area contributed by atoms with E-state index in [0.29, 0.717) is 19.1 Å². The molecule has 3 rings (SSSR count). The molecule has 0 spiro atoms. The molecule has 0 aromatic heterocycles. The summed E-state index contributed by atoms with van der Waals surface area (Å²) >= 11 is 0. The number of hydrogen-bond acceptors (Lipinski definition) is 3. The minimum atomic E-state index is -1.75. The SMILES string of the molecule is CC(C)(C)[Si](C)(C)OCCOc1ccc2c(c1)[C@@]1(C)CCC[C@](C)(C(N)=O)[C@@H]1CC2. The number of primary amides is 1. The molecule has 5 heteroatoms. The van der Waals surface area contributed by atoms with E-state index in [-0.39, 0.29) is 16.4 Å². The molecule has 0 radical (unpaired) electrons. The van der Waals surface area contributed by atoms with Gasteiger partial charge in [-0.1, -0.05) is 47.1 Å². The number of benzene rings is 1. The van der Waals surface area contributed by atoms with Crippen molar-refractivity contribution in [3.63, 3.8) is 0 Å². The van der Waals surface area contributed by atoms with Crippen molar-refractivity contribution in [2.24, 2.45) is 17.1 Å². The van der Waals surface area contributed by atoms with Gasteiger partial charge in [0.15, 0.2) is 8.32 Å². The summed E-state index contributed by atoms with van der Waals surface area (Å²) in [5.74, 6) is 1.05. The van der Waals surface area contributed by atoms with Crippen molar-refractivity contribution in [2.75, 3.05) is 13.2 Å². The fourth-order valence-corrected chi connectivity index (χ4v) is 6.52. The molecule has 0 aliphatic heterocycles. The Bertz CT molecular complexity index is 800. The number of fused-ring (bicyclic) bond motifs is 3. The Labute approximate surface area is 184 Å². The molecule has 30 heavy (non-hydrogen) atoms. The first-order valence-corrected chi connectivity index (χ1v) is 14.4. The fraction of sp³-hybridized carbons (Fsp3) is 0.720. The van der Waals surface area contributed by atoms with Gasteiger partial charge >= 0.3 is 0 Å². The molecule has 2 N–H and O–H groups in total. The number of carbonyl (C=O) groups excluding carboxylic acids is 1. The van der Waals surface area contributed by atoms with E-state index in [9.17, 15) is 4.79 Å². The van der Waals surface area contributed by atoms with Crippen molar-refractivity contribution in [1.82, 2.24) is 0 Å². The molecular weight excluding hydrogens is 390 g/mol. The van der Waals surface area contributed by atoms with Crippen LogP contribution in [0.5, 0.6) is 5.75 Å². The molecular formula is C25H41NO3Si. The van der Waals surface area contributed by atoms with Crippen molar-refractivity contribution in [3.05, 3.63) is 29.3 Å². The Morgan fingerprint density at radius 1 is 1.20 bits per heavy atom. The highest BCUT2D eigenvalue weighted by atomic mass is 28.4. The van der Waals surface area contributed by atoms with Crippen LogP contribution in [0.4, 0.5) is 0 Å². The van der Waals surface area contributed by atoms with Gasteiger partial charge in [0.05, 0.1) is 6.61 Å². The first-order chi connectivity index (χ1) is 13.8. The van der Waals surface area contributed by atoms with Crippen LogP contribution in [0.2, 0.25) is 18.1 Å². The zero-order valence-electron chi connectivity index (χ0n) is 20.1. The molecule has 2 aliphatic rings. The lowest BCUT2D eigenvalue weighted by atomic mass is 9.49. The smallest absolute Gasteiger partial charge is 0.223 e. The number of ether oxygens (including phenoxy) is 1. The maximum absolute atomic E-state index is 12.4. The van der Waals surface area contributed by atoms with Crippen LogP contribution in [0.3, 0.4) is 0 Å². The van der Waals surface area contributed by atoms with E-state index in [0.717, 1.165) is 37.9 Å². The van der Waals surface area contributed by atoms with E-state index in [1.165, 1.54) is 11.1 Å². The van der Waals surface area contributed by atoms with Gasteiger partial charge in [0.2, 0.25) is 5.91 Å². The lowest BCUT2D eigenvalue weighted by molar-refractivity contribution is -0.135. The Kier molecular flexibility index (Phi) is 6.20. The normalized spacial score (nSPS) is 29.1. The highest BCUT2D eigenvalue weighted by Crippen LogP contribution is 2.57. The molecule has 3 atom stereocenters. The molecule has 168 valence electrons. The molecule has 2 aliphatic carbocycles. The van der Waals surface area contributed by atoms with Crippen LogP contribution in [-0.4, -0.2) is 27.4 Å². The van der Waals surface area contributed by atoms with Crippen LogP contribution in [0.1, 0.15) is 71.4 Å². The Hall–Kier alpha value is -1.33. The second-order valence-electron chi connectivity index (χ2n) is 11.4. The Balaban J connectivity index is 1.74. The minimum absolute atomic E-state index is 0.0212. The van der Waals surface area contributed by atoms with E-state index in [4.69, 9.17) is 14.9 Å². The number of hydrogen-bond donors (Lipinski definition) is 1. The third kappa shape index (κ3) is 4.07. The molecule has 4 nitrogen and oxygen atoms in total. The van der Waals surface area contributed by atoms with E-state index >= 15 is 0 Å². The molecule has 0 saturated heterocycles. The third-order valence-corrected chi connectivity index (χ3v) is 13.1. The summed E-state index contributed by atoms with van der Waals surface area (Å²) < 4.78 is 12.4. The van der Waals surface area contributed by atoms with Crippen molar-refractivity contribution in [1.29, 1.82) is 0 Å². The maximum Gasteiger partial charge on any atom is 0.223 e. The van der Waals surface area contributed by atoms with Crippen molar-refractivity contribution in [2.45, 2.75) is 90.3 Å². The van der Waals surface area contributed by atoms with Gasteiger partial charge in [0.25, 0.3) is 0 Å². The molecule has 1 fully saturated rings. The molecule has 1 aromatic rings. The van der Waals surface area contributed by atoms with Crippen LogP contribution < -0.4 is 10.5 Å². The highest BCUT2D eigenvalue weighted by molar-refractivity contribution is 6.74. The van der Waals surface area contributed by atoms with Crippen LogP contribution in [0, 0.1) is 11.3 Å². The molecule has 0 unspecified atom stereocenters. The Morgan fingerprint density at radius 2 is 1.90 bits per heavy atom. The van der Waals surface area contributed by atoms with Crippen molar-refractivity contribution < 1.29 is 14.0 Å². The molecule has 0 heterocycles. The molecule has 0 bridgehead atoms. The van der Waals surface area contributed by atoms with Crippen LogP contribution >= 0.6 is 0 Å². The average Bonchev–Trinajstić information content (AvgIpc) is 2.64. The van der Waals surface area contributed by atoms with Gasteiger partial charge in [-0.3, -0.25) is 4.79 Å². The summed E-state index contributed by atoms with van der Waals surface area (Å²) in [6, 6.07) is 6.53. The first-order valence-electron chi connectivity index (χ1n) is 11.5. The van der Waals surface area contributed by atoms with Crippen molar-refractivity contribution >= 4 is 14.2 Å². The largest absolute Gasteiger partial charge is 0.491 e. The van der Waals surface area contributed by atoms with Crippen LogP contribution in [0.15, 0.2) is 18.2 Å². The molecule has 1 aromatic carbocycles. The fourth-order valence-electron chi connectivity index (χ4n) is 5.50. The van der Waals surface area contributed by atoms with Gasteiger partial charge in [-0.05, 0) is 78.4 Å². The summed E-state index contributed by atoms with van der Waals surface area (Å²) in [5, 5.41) is 0.205. The van der Waals surface area contributed by atoms with Crippen LogP contribution in [0.25, 0.3) is 0 Å². The lowest BCUT2D eigenvalue weighted by Crippen LogP contribution is -2.54. The number of aryl methyl sites for hydroxylation is 1. The van der Waals surface area contributed by atoms with Gasteiger partial charge < -0.3 is 14.9 Å². The third-order valence-electron chi connectivity index (χ3n) is 8.51. The zero-order chi connectivity index (χ0) is 22.4. The summed E-state index contributed by atoms with van der Waals surface area (Å²) in [5.41, 5.74) is 8.20. The quantitative estimate of drug-likeness (QED) is 0.472. The van der Waals surface area contributed by atoms with Gasteiger partial charge in [0.1, 0.15) is 12.4 Å². The van der Waals surface area contributed by atoms with E-state index < -0.39 is 13.7 Å². The lowest BCUT2D eigenvalue weighted by Gasteiger charge is -2.54. The topological polar surface area (TPSA) is 61.6 Å². The molecule has 1 saturated carbocycles. The first kappa shape index (κ1) is 23.3. The van der Waals surface area contributed by atoms with E-state index in [2.05, 4.69) is 65.9 Å². The number of rotatable bonds is 6. The highest BCUT2D eigenvalue weighted by Gasteiger charge is 2.54. The number of amides is 1. The Morgan fingerprint density at radius 3 is 2.53 bits per heavy atom. The van der Waals surface area contributed by atoms with Crippen molar-refractivity contribution in [3.8, 4) is 5.75 Å². The predicted molar refractivity (Wildman–Crippen MR) is 125 cm³/mol. The van der Waals surface area contributed by atoms with Crippen LogP contribution in [-0.2, 0) is 21.1 Å². The van der Waals surface area contributed by atoms with Gasteiger partial charge in [0, 0.05) is 5.41 Å². The van der Waals surface area contributed by atoms with E-state index in [1.54, 1.807) is 0 Å². The minimum Gasteiger partial charge on any atom is -0.491 e. The number of carbonyl (C=O) groups is 1. The van der Waals surface area contributed by atoms with Gasteiger partial charge in [-0.25, -0.2) is 0 Å². The van der Waals surface area contributed by atoms with Gasteiger partial charge in [-0.15, -0.1) is 0 Å². The predicted octanol–water partition coefficient (Wildman–Crippen LogP) is 5.58. The monoisotopic (exact) mass is 431 g/mol. The van der Waals surface area contributed by atoms with Gasteiger partial charge in [-0.2, -0.15) is 0 Å². The zero-order valence-corrected chi connectivity index (χ0v) is 21.1. The van der Waals surface area contributed by atoms with E-state index in [1.807, 2.05) is 0 Å². The second kappa shape index (κ2) is 7.98. The maximum atomic E-state index is 12.4. The second-order valence-corrected chi connectivity index (χ2v) is 16.2. The number of nitrogens with two attached hydrogens (primary N) is 1. The molecule has 1 amide bonds. The summed E-state index contributed by atoms with van der Waals surface area (Å²) in [6.45, 7) is 16.9. The summed E-state index contributed by atoms with van der Waals surface area (Å²) in [4.78, 5) is 12.4. The standard InChI is InChI=1S/C25H41NO3Si/c1-23(2,3)30(6,7)29-16-15-28-19-11-9-18-10-12-21-24(4,20(18)17-19)13-8-14-25(21,5)22(26)27/h9,11,17,21H,8,10,12-16H2,1-7H3,(H2,26,27)/t21-,24-,25+/m1/s1.